The number of nitrogens with one attached hydrogen (secondary N) is 1. The number of unbranched alkanes of at least 4 members (excludes halogenated alkanes) is 2. The van der Waals surface area contributed by atoms with Crippen LogP contribution in [0, 0.1) is 0 Å². The molecule has 0 aromatic heterocycles. The van der Waals surface area contributed by atoms with E-state index in [0.29, 0.717) is 19.4 Å². The molecule has 0 spiro atoms. The molecule has 0 aromatic carbocycles. The van der Waals surface area contributed by atoms with E-state index in [1.807, 2.05) is 6.08 Å². The van der Waals surface area contributed by atoms with Gasteiger partial charge in [0.25, 0.3) is 10.1 Å². The molecule has 0 unspecified atom stereocenters. The first-order chi connectivity index (χ1) is 16.5. The van der Waals surface area contributed by atoms with E-state index < -0.39 is 16.1 Å². The summed E-state index contributed by atoms with van der Waals surface area (Å²) >= 11 is 0. The first kappa shape index (κ1) is 26.9. The highest BCUT2D eigenvalue weighted by molar-refractivity contribution is 7.85. The summed E-state index contributed by atoms with van der Waals surface area (Å²) in [7, 11) is -3.95. The molecule has 3 aliphatic rings. The minimum atomic E-state index is -3.95. The maximum atomic E-state index is 11.0. The van der Waals surface area contributed by atoms with Crippen molar-refractivity contribution in [2.24, 2.45) is 0 Å². The van der Waals surface area contributed by atoms with Crippen molar-refractivity contribution in [1.29, 1.82) is 0 Å². The summed E-state index contributed by atoms with van der Waals surface area (Å²) in [4.78, 5) is 10.7. The number of hydrogen-bond acceptors (Lipinski definition) is 5. The van der Waals surface area contributed by atoms with E-state index in [-0.39, 0.29) is 17.6 Å². The van der Waals surface area contributed by atoms with Crippen molar-refractivity contribution in [2.45, 2.75) is 64.7 Å². The van der Waals surface area contributed by atoms with Crippen LogP contribution in [0.2, 0.25) is 0 Å². The summed E-state index contributed by atoms with van der Waals surface area (Å²) in [6, 6.07) is 8.44. The SMILES string of the molecule is CC[N+](CCCCCC(=O)O)=c1ccc2cc3c(oc-2c1)C=C(NCCCS(=O)(=O)O)CC3(C)C. The number of nitrogens with zero attached hydrogens (tertiary/aromatic N) is 1. The molecule has 3 N–H and O–H groups in total. The fourth-order valence-electron chi connectivity index (χ4n) is 4.59. The summed E-state index contributed by atoms with van der Waals surface area (Å²) in [5.41, 5.74) is 2.99. The Labute approximate surface area is 207 Å². The monoisotopic (exact) mass is 505 g/mol. The quantitative estimate of drug-likeness (QED) is 0.228. The number of benzene rings is 1. The van der Waals surface area contributed by atoms with Crippen LogP contribution in [-0.2, 0) is 20.3 Å². The van der Waals surface area contributed by atoms with Crippen LogP contribution in [0.4, 0.5) is 0 Å². The second-order valence-corrected chi connectivity index (χ2v) is 11.4. The van der Waals surface area contributed by atoms with Gasteiger partial charge in [0.15, 0.2) is 0 Å². The number of carbonyl (C=O) groups is 1. The molecule has 8 nitrogen and oxygen atoms in total. The lowest BCUT2D eigenvalue weighted by Crippen LogP contribution is -2.31. The molecule has 0 bridgehead atoms. The average molecular weight is 506 g/mol. The standard InChI is InChI=1S/C26H36N2O6S/c1-4-28(13-7-5-6-9-25(29)30)21-11-10-19-15-22-24(34-23(19)17-21)16-20(18-26(22,2)3)27-12-8-14-35(31,32)33/h10-11,15-17H,4-9,12-14,18H2,1-3H3,(H2,29,30,31,32,33)/p+1. The van der Waals surface area contributed by atoms with Gasteiger partial charge in [-0.3, -0.25) is 9.35 Å². The highest BCUT2D eigenvalue weighted by Crippen LogP contribution is 2.40. The van der Waals surface area contributed by atoms with E-state index in [0.717, 1.165) is 66.1 Å². The molecular formula is C26H37N2O6S+. The van der Waals surface area contributed by atoms with Gasteiger partial charge in [-0.25, -0.2) is 4.58 Å². The van der Waals surface area contributed by atoms with E-state index in [9.17, 15) is 13.2 Å². The zero-order valence-corrected chi connectivity index (χ0v) is 21.7. The Morgan fingerprint density at radius 3 is 2.63 bits per heavy atom. The van der Waals surface area contributed by atoms with E-state index in [1.54, 1.807) is 0 Å². The second-order valence-electron chi connectivity index (χ2n) is 9.83. The second kappa shape index (κ2) is 11.4. The largest absolute Gasteiger partial charge is 0.481 e. The van der Waals surface area contributed by atoms with Crippen molar-refractivity contribution in [3.63, 3.8) is 0 Å². The molecule has 0 aromatic rings. The molecule has 1 heterocycles. The zero-order valence-electron chi connectivity index (χ0n) is 20.8. The summed E-state index contributed by atoms with van der Waals surface area (Å²) in [6.45, 7) is 8.59. The Balaban J connectivity index is 1.83. The molecule has 0 saturated heterocycles. The number of carboxylic acids is 1. The smallest absolute Gasteiger partial charge is 0.303 e. The van der Waals surface area contributed by atoms with Gasteiger partial charge in [-0.2, -0.15) is 8.42 Å². The molecule has 0 radical (unpaired) electrons. The fourth-order valence-corrected chi connectivity index (χ4v) is 5.10. The van der Waals surface area contributed by atoms with Crippen molar-refractivity contribution < 1.29 is 27.3 Å². The van der Waals surface area contributed by atoms with Gasteiger partial charge in [0.2, 0.25) is 5.36 Å². The van der Waals surface area contributed by atoms with Gasteiger partial charge in [-0.1, -0.05) is 13.8 Å². The van der Waals surface area contributed by atoms with Crippen LogP contribution < -0.4 is 15.2 Å². The molecule has 35 heavy (non-hydrogen) atoms. The molecule has 3 rings (SSSR count). The molecule has 9 heteroatoms. The number of allylic oxidation sites excluding steroid dienone is 1. The van der Waals surface area contributed by atoms with Crippen molar-refractivity contribution in [3.05, 3.63) is 46.6 Å². The van der Waals surface area contributed by atoms with Crippen molar-refractivity contribution >= 4 is 22.2 Å². The lowest BCUT2D eigenvalue weighted by molar-refractivity contribution is -0.137. The third-order valence-corrected chi connectivity index (χ3v) is 7.25. The van der Waals surface area contributed by atoms with Crippen LogP contribution >= 0.6 is 0 Å². The molecule has 0 amide bonds. The van der Waals surface area contributed by atoms with Gasteiger partial charge in [-0.05, 0) is 50.2 Å². The third-order valence-electron chi connectivity index (χ3n) is 6.45. The van der Waals surface area contributed by atoms with Crippen LogP contribution in [0.25, 0.3) is 17.4 Å². The first-order valence-electron chi connectivity index (χ1n) is 12.3. The number of aliphatic carboxylic acids is 1. The van der Waals surface area contributed by atoms with E-state index >= 15 is 0 Å². The molecule has 192 valence electrons. The van der Waals surface area contributed by atoms with Gasteiger partial charge < -0.3 is 14.8 Å². The molecule has 0 fully saturated rings. The van der Waals surface area contributed by atoms with Crippen molar-refractivity contribution in [2.75, 3.05) is 25.4 Å². The summed E-state index contributed by atoms with van der Waals surface area (Å²) in [6.07, 6.45) is 5.81. The molecule has 0 saturated carbocycles. The van der Waals surface area contributed by atoms with Crippen LogP contribution in [0.1, 0.15) is 70.6 Å². The average Bonchev–Trinajstić information content (AvgIpc) is 2.76. The van der Waals surface area contributed by atoms with Crippen LogP contribution in [0.3, 0.4) is 0 Å². The van der Waals surface area contributed by atoms with Crippen molar-refractivity contribution in [1.82, 2.24) is 9.89 Å². The minimum absolute atomic E-state index is 0.156. The van der Waals surface area contributed by atoms with E-state index in [2.05, 4.69) is 54.9 Å². The Morgan fingerprint density at radius 2 is 1.94 bits per heavy atom. The van der Waals surface area contributed by atoms with Crippen molar-refractivity contribution in [3.8, 4) is 11.3 Å². The van der Waals surface area contributed by atoms with Gasteiger partial charge in [0.05, 0.1) is 11.8 Å². The van der Waals surface area contributed by atoms with Crippen LogP contribution in [-0.4, -0.2) is 49.4 Å². The Bertz CT molecular complexity index is 1230. The van der Waals surface area contributed by atoms with Gasteiger partial charge in [0, 0.05) is 48.4 Å². The lowest BCUT2D eigenvalue weighted by Gasteiger charge is -2.32. The molecule has 1 aliphatic heterocycles. The minimum Gasteiger partial charge on any atom is -0.481 e. The summed E-state index contributed by atoms with van der Waals surface area (Å²) < 4.78 is 39.5. The summed E-state index contributed by atoms with van der Waals surface area (Å²) in [5.74, 6) is 0.578. The van der Waals surface area contributed by atoms with Crippen LogP contribution in [0.5, 0.6) is 0 Å². The molecule has 0 atom stereocenters. The first-order valence-corrected chi connectivity index (χ1v) is 13.9. The van der Waals surface area contributed by atoms with Crippen LogP contribution in [0.15, 0.2) is 34.4 Å². The highest BCUT2D eigenvalue weighted by Gasteiger charge is 2.31. The summed E-state index contributed by atoms with van der Waals surface area (Å²) in [5, 5.41) is 13.2. The number of hydrogen-bond donors (Lipinski definition) is 3. The normalized spacial score (nSPS) is 15.9. The topological polar surface area (TPSA) is 120 Å². The Morgan fingerprint density at radius 1 is 1.17 bits per heavy atom. The van der Waals surface area contributed by atoms with E-state index in [4.69, 9.17) is 14.1 Å². The molecular weight excluding hydrogens is 468 g/mol. The maximum Gasteiger partial charge on any atom is 0.303 e. The van der Waals surface area contributed by atoms with Gasteiger partial charge in [0.1, 0.15) is 24.6 Å². The number of fused-ring (bicyclic) bond motifs is 2. The predicted octanol–water partition coefficient (Wildman–Crippen LogP) is 3.71. The highest BCUT2D eigenvalue weighted by atomic mass is 32.2. The lowest BCUT2D eigenvalue weighted by atomic mass is 9.76. The fraction of sp³-hybridized carbons (Fsp3) is 0.538. The zero-order chi connectivity index (χ0) is 25.6. The van der Waals surface area contributed by atoms with E-state index in [1.165, 1.54) is 0 Å². The third kappa shape index (κ3) is 7.67. The maximum absolute atomic E-state index is 11.0. The Kier molecular flexibility index (Phi) is 8.77. The number of carboxylic acid groups (broad SMARTS) is 1. The van der Waals surface area contributed by atoms with Gasteiger partial charge >= 0.3 is 5.97 Å². The Hall–Kier alpha value is -2.65. The molecule has 2 aliphatic carbocycles. The predicted molar refractivity (Wildman–Crippen MR) is 137 cm³/mol. The van der Waals surface area contributed by atoms with Gasteiger partial charge in [-0.15, -0.1) is 0 Å². The number of rotatable bonds is 12.